The van der Waals surface area contributed by atoms with Gasteiger partial charge in [0.05, 0.1) is 0 Å². The van der Waals surface area contributed by atoms with Gasteiger partial charge in [-0.05, 0) is 6.42 Å². The van der Waals surface area contributed by atoms with E-state index in [9.17, 15) is 4.79 Å². The summed E-state index contributed by atoms with van der Waals surface area (Å²) < 4.78 is 0. The number of thioether (sulfide) groups is 1. The lowest BCUT2D eigenvalue weighted by Gasteiger charge is -2.08. The molecule has 1 rings (SSSR count). The molecule has 1 atom stereocenters. The Morgan fingerprint density at radius 2 is 2.06 bits per heavy atom. The normalized spacial score (nSPS) is 12.4. The lowest BCUT2D eigenvalue weighted by Crippen LogP contribution is -2.04. The molecule has 0 heterocycles. The van der Waals surface area contributed by atoms with E-state index in [0.717, 1.165) is 17.7 Å². The average molecular weight is 238 g/mol. The Morgan fingerprint density at radius 1 is 1.38 bits per heavy atom. The standard InChI is InChI=1S/C13H18O2S/c1-11(7-9-14)16-10-8-13(15)12-5-3-2-4-6-12/h2-6,11,14H,7-10H2,1H3. The zero-order valence-electron chi connectivity index (χ0n) is 9.56. The first kappa shape index (κ1) is 13.3. The van der Waals surface area contributed by atoms with Crippen molar-refractivity contribution in [3.8, 4) is 0 Å². The van der Waals surface area contributed by atoms with E-state index in [1.807, 2.05) is 30.3 Å². The first-order chi connectivity index (χ1) is 7.74. The molecule has 0 saturated heterocycles. The molecule has 0 amide bonds. The third-order valence-corrected chi connectivity index (χ3v) is 3.61. The Morgan fingerprint density at radius 3 is 2.69 bits per heavy atom. The van der Waals surface area contributed by atoms with E-state index in [0.29, 0.717) is 11.7 Å². The van der Waals surface area contributed by atoms with E-state index in [1.165, 1.54) is 0 Å². The molecule has 0 saturated carbocycles. The molecule has 0 aliphatic rings. The first-order valence-corrected chi connectivity index (χ1v) is 6.59. The predicted molar refractivity (Wildman–Crippen MR) is 69.0 cm³/mol. The fourth-order valence-electron chi connectivity index (χ4n) is 1.39. The monoisotopic (exact) mass is 238 g/mol. The zero-order valence-corrected chi connectivity index (χ0v) is 10.4. The van der Waals surface area contributed by atoms with Crippen molar-refractivity contribution >= 4 is 17.5 Å². The lowest BCUT2D eigenvalue weighted by atomic mass is 10.1. The molecule has 16 heavy (non-hydrogen) atoms. The quantitative estimate of drug-likeness (QED) is 0.742. The van der Waals surface area contributed by atoms with Gasteiger partial charge < -0.3 is 5.11 Å². The van der Waals surface area contributed by atoms with E-state index < -0.39 is 0 Å². The van der Waals surface area contributed by atoms with E-state index in [-0.39, 0.29) is 12.4 Å². The van der Waals surface area contributed by atoms with Gasteiger partial charge in [0.2, 0.25) is 0 Å². The number of ketones is 1. The van der Waals surface area contributed by atoms with Crippen LogP contribution in [-0.4, -0.2) is 28.5 Å². The smallest absolute Gasteiger partial charge is 0.163 e. The third-order valence-electron chi connectivity index (χ3n) is 2.36. The van der Waals surface area contributed by atoms with Crippen LogP contribution in [0.15, 0.2) is 30.3 Å². The molecule has 3 heteroatoms. The summed E-state index contributed by atoms with van der Waals surface area (Å²) in [6, 6.07) is 9.38. The number of benzene rings is 1. The number of carbonyl (C=O) groups excluding carboxylic acids is 1. The fraction of sp³-hybridized carbons (Fsp3) is 0.462. The van der Waals surface area contributed by atoms with Gasteiger partial charge in [-0.1, -0.05) is 37.3 Å². The molecular weight excluding hydrogens is 220 g/mol. The summed E-state index contributed by atoms with van der Waals surface area (Å²) in [4.78, 5) is 11.7. The van der Waals surface area contributed by atoms with Gasteiger partial charge in [-0.15, -0.1) is 0 Å². The topological polar surface area (TPSA) is 37.3 Å². The fourth-order valence-corrected chi connectivity index (χ4v) is 2.36. The molecule has 1 aromatic carbocycles. The van der Waals surface area contributed by atoms with Crippen molar-refractivity contribution in [1.82, 2.24) is 0 Å². The Hall–Kier alpha value is -0.800. The van der Waals surface area contributed by atoms with Crippen molar-refractivity contribution in [2.45, 2.75) is 25.0 Å². The maximum atomic E-state index is 11.7. The summed E-state index contributed by atoms with van der Waals surface area (Å²) in [7, 11) is 0. The van der Waals surface area contributed by atoms with Crippen molar-refractivity contribution in [2.24, 2.45) is 0 Å². The lowest BCUT2D eigenvalue weighted by molar-refractivity contribution is 0.0989. The second kappa shape index (κ2) is 7.47. The van der Waals surface area contributed by atoms with Crippen LogP contribution >= 0.6 is 11.8 Å². The van der Waals surface area contributed by atoms with Crippen LogP contribution in [0.5, 0.6) is 0 Å². The van der Waals surface area contributed by atoms with Crippen LogP contribution < -0.4 is 0 Å². The number of hydrogen-bond acceptors (Lipinski definition) is 3. The Bertz CT molecular complexity index is 311. The summed E-state index contributed by atoms with van der Waals surface area (Å²) in [5.41, 5.74) is 0.790. The highest BCUT2D eigenvalue weighted by Crippen LogP contribution is 2.16. The van der Waals surface area contributed by atoms with Crippen LogP contribution in [0.25, 0.3) is 0 Å². The van der Waals surface area contributed by atoms with E-state index in [1.54, 1.807) is 11.8 Å². The first-order valence-electron chi connectivity index (χ1n) is 5.54. The minimum atomic E-state index is 0.198. The molecule has 2 nitrogen and oxygen atoms in total. The third kappa shape index (κ3) is 4.81. The maximum absolute atomic E-state index is 11.7. The number of aliphatic hydroxyl groups excluding tert-OH is 1. The molecule has 88 valence electrons. The molecule has 1 aromatic rings. The van der Waals surface area contributed by atoms with Crippen LogP contribution in [0, 0.1) is 0 Å². The molecule has 0 fully saturated rings. The number of carbonyl (C=O) groups is 1. The van der Waals surface area contributed by atoms with Crippen molar-refractivity contribution in [2.75, 3.05) is 12.4 Å². The van der Waals surface area contributed by atoms with Gasteiger partial charge >= 0.3 is 0 Å². The minimum absolute atomic E-state index is 0.198. The summed E-state index contributed by atoms with van der Waals surface area (Å²) in [6.07, 6.45) is 1.37. The molecule has 0 aliphatic carbocycles. The van der Waals surface area contributed by atoms with E-state index in [4.69, 9.17) is 5.11 Å². The predicted octanol–water partition coefficient (Wildman–Crippen LogP) is 2.76. The second-order valence-electron chi connectivity index (χ2n) is 3.73. The Kier molecular flexibility index (Phi) is 6.19. The van der Waals surface area contributed by atoms with Crippen LogP contribution in [0.4, 0.5) is 0 Å². The van der Waals surface area contributed by atoms with Crippen molar-refractivity contribution in [3.05, 3.63) is 35.9 Å². The Labute approximate surface area is 101 Å². The molecule has 0 radical (unpaired) electrons. The van der Waals surface area contributed by atoms with Gasteiger partial charge in [0.15, 0.2) is 5.78 Å². The van der Waals surface area contributed by atoms with E-state index in [2.05, 4.69) is 6.92 Å². The largest absolute Gasteiger partial charge is 0.396 e. The minimum Gasteiger partial charge on any atom is -0.396 e. The molecule has 0 spiro atoms. The van der Waals surface area contributed by atoms with Gasteiger partial charge in [0, 0.05) is 29.6 Å². The van der Waals surface area contributed by atoms with Gasteiger partial charge in [-0.25, -0.2) is 0 Å². The van der Waals surface area contributed by atoms with E-state index >= 15 is 0 Å². The SMILES string of the molecule is CC(CCO)SCCC(=O)c1ccccc1. The van der Waals surface area contributed by atoms with Crippen LogP contribution in [0.2, 0.25) is 0 Å². The number of rotatable bonds is 7. The van der Waals surface area contributed by atoms with Crippen LogP contribution in [0.3, 0.4) is 0 Å². The number of hydrogen-bond donors (Lipinski definition) is 1. The highest BCUT2D eigenvalue weighted by atomic mass is 32.2. The molecule has 0 aliphatic heterocycles. The Balaban J connectivity index is 2.26. The summed E-state index contributed by atoms with van der Waals surface area (Å²) in [5, 5.41) is 9.17. The van der Waals surface area contributed by atoms with Gasteiger partial charge in [-0.3, -0.25) is 4.79 Å². The van der Waals surface area contributed by atoms with Crippen molar-refractivity contribution in [3.63, 3.8) is 0 Å². The number of Topliss-reactive ketones (excluding diaryl/α,β-unsaturated/α-hetero) is 1. The highest BCUT2D eigenvalue weighted by molar-refractivity contribution is 7.99. The summed E-state index contributed by atoms with van der Waals surface area (Å²) in [5.74, 6) is 1.03. The van der Waals surface area contributed by atoms with Gasteiger partial charge in [0.25, 0.3) is 0 Å². The molecule has 0 bridgehead atoms. The molecule has 1 unspecified atom stereocenters. The molecule has 1 N–H and O–H groups in total. The highest BCUT2D eigenvalue weighted by Gasteiger charge is 2.06. The van der Waals surface area contributed by atoms with Crippen molar-refractivity contribution < 1.29 is 9.90 Å². The van der Waals surface area contributed by atoms with Gasteiger partial charge in [-0.2, -0.15) is 11.8 Å². The second-order valence-corrected chi connectivity index (χ2v) is 5.28. The van der Waals surface area contributed by atoms with Crippen LogP contribution in [-0.2, 0) is 0 Å². The zero-order chi connectivity index (χ0) is 11.8. The summed E-state index contributed by atoms with van der Waals surface area (Å²) in [6.45, 7) is 2.30. The summed E-state index contributed by atoms with van der Waals surface area (Å²) >= 11 is 1.74. The average Bonchev–Trinajstić information content (AvgIpc) is 2.30. The molecule has 0 aromatic heterocycles. The number of aliphatic hydroxyl groups is 1. The van der Waals surface area contributed by atoms with Gasteiger partial charge in [0.1, 0.15) is 0 Å². The maximum Gasteiger partial charge on any atom is 0.163 e. The van der Waals surface area contributed by atoms with Crippen LogP contribution in [0.1, 0.15) is 30.1 Å². The van der Waals surface area contributed by atoms with Crippen molar-refractivity contribution in [1.29, 1.82) is 0 Å². The molecular formula is C13H18O2S.